The van der Waals surface area contributed by atoms with Gasteiger partial charge >= 0.3 is 0 Å². The molecule has 0 aliphatic carbocycles. The highest BCUT2D eigenvalue weighted by atomic mass is 127. The van der Waals surface area contributed by atoms with Crippen molar-refractivity contribution in [2.75, 3.05) is 31.8 Å². The second-order valence-corrected chi connectivity index (χ2v) is 6.81. The van der Waals surface area contributed by atoms with E-state index in [1.54, 1.807) is 32.4 Å². The Morgan fingerprint density at radius 3 is 2.54 bits per heavy atom. The minimum atomic E-state index is -0.980. The summed E-state index contributed by atoms with van der Waals surface area (Å²) >= 11 is 0. The smallest absolute Gasteiger partial charge is 0.193 e. The summed E-state index contributed by atoms with van der Waals surface area (Å²) in [4.78, 5) is 4.23. The molecule has 2 aromatic carbocycles. The minimum absolute atomic E-state index is 0. The Labute approximate surface area is 173 Å². The first kappa shape index (κ1) is 22.2. The van der Waals surface area contributed by atoms with Gasteiger partial charge in [0.2, 0.25) is 0 Å². The van der Waals surface area contributed by atoms with Crippen LogP contribution in [0, 0.1) is 0 Å². The first-order valence-corrected chi connectivity index (χ1v) is 9.29. The van der Waals surface area contributed by atoms with Crippen molar-refractivity contribution in [2.45, 2.75) is 5.75 Å². The van der Waals surface area contributed by atoms with E-state index in [9.17, 15) is 4.21 Å². The maximum atomic E-state index is 12.1. The number of aliphatic imine (C=N–C) groups is 1. The van der Waals surface area contributed by atoms with Crippen LogP contribution in [-0.4, -0.2) is 36.7 Å². The van der Waals surface area contributed by atoms with Gasteiger partial charge in [0.15, 0.2) is 5.96 Å². The molecule has 0 aliphatic heterocycles. The number of rotatable bonds is 8. The zero-order valence-electron chi connectivity index (χ0n) is 14.8. The quantitative estimate of drug-likeness (QED) is 0.338. The van der Waals surface area contributed by atoms with Crippen LogP contribution in [0.4, 0.5) is 5.69 Å². The van der Waals surface area contributed by atoms with Gasteiger partial charge in [-0.1, -0.05) is 30.3 Å². The molecular formula is C18H24IN3O3S. The highest BCUT2D eigenvalue weighted by Crippen LogP contribution is 2.28. The Morgan fingerprint density at radius 1 is 1.15 bits per heavy atom. The molecule has 1 unspecified atom stereocenters. The fraction of sp³-hybridized carbons (Fsp3) is 0.278. The van der Waals surface area contributed by atoms with E-state index in [4.69, 9.17) is 15.2 Å². The molecule has 0 heterocycles. The molecule has 0 fully saturated rings. The van der Waals surface area contributed by atoms with Gasteiger partial charge in [-0.25, -0.2) is 0 Å². The van der Waals surface area contributed by atoms with Crippen LogP contribution in [0.25, 0.3) is 0 Å². The molecule has 3 N–H and O–H groups in total. The van der Waals surface area contributed by atoms with E-state index in [-0.39, 0.29) is 29.9 Å². The minimum Gasteiger partial charge on any atom is -0.497 e. The first-order chi connectivity index (χ1) is 12.1. The number of guanidine groups is 1. The van der Waals surface area contributed by atoms with Crippen molar-refractivity contribution in [3.05, 3.63) is 54.1 Å². The molecule has 0 bridgehead atoms. The lowest BCUT2D eigenvalue weighted by molar-refractivity contribution is 0.405. The van der Waals surface area contributed by atoms with E-state index in [2.05, 4.69) is 10.3 Å². The predicted octanol–water partition coefficient (Wildman–Crippen LogP) is 3.00. The molecule has 8 heteroatoms. The van der Waals surface area contributed by atoms with Crippen LogP contribution in [0.3, 0.4) is 0 Å². The molecule has 26 heavy (non-hydrogen) atoms. The number of methoxy groups -OCH3 is 2. The zero-order chi connectivity index (χ0) is 18.1. The van der Waals surface area contributed by atoms with Crippen LogP contribution in [0.5, 0.6) is 11.5 Å². The lowest BCUT2D eigenvalue weighted by Gasteiger charge is -2.12. The summed E-state index contributed by atoms with van der Waals surface area (Å²) < 4.78 is 22.5. The van der Waals surface area contributed by atoms with Crippen molar-refractivity contribution < 1.29 is 13.7 Å². The number of halogens is 1. The van der Waals surface area contributed by atoms with Crippen molar-refractivity contribution in [1.82, 2.24) is 0 Å². The highest BCUT2D eigenvalue weighted by molar-refractivity contribution is 14.0. The van der Waals surface area contributed by atoms with Gasteiger partial charge in [0.1, 0.15) is 11.5 Å². The lowest BCUT2D eigenvalue weighted by Crippen LogP contribution is -2.24. The van der Waals surface area contributed by atoms with Crippen LogP contribution in [0.1, 0.15) is 5.56 Å². The molecular weight excluding hydrogens is 465 g/mol. The van der Waals surface area contributed by atoms with Gasteiger partial charge in [-0.3, -0.25) is 9.20 Å². The Kier molecular flexibility index (Phi) is 10.0. The van der Waals surface area contributed by atoms with E-state index in [0.29, 0.717) is 35.2 Å². The maximum Gasteiger partial charge on any atom is 0.193 e. The van der Waals surface area contributed by atoms with E-state index in [1.165, 1.54) is 0 Å². The Balaban J connectivity index is 0.00000338. The normalized spacial score (nSPS) is 12.0. The molecule has 142 valence electrons. The molecule has 0 spiro atoms. The molecule has 6 nitrogen and oxygen atoms in total. The topological polar surface area (TPSA) is 85.9 Å². The number of hydrogen-bond acceptors (Lipinski definition) is 4. The largest absolute Gasteiger partial charge is 0.497 e. The molecule has 0 saturated carbocycles. The average molecular weight is 489 g/mol. The van der Waals surface area contributed by atoms with Crippen LogP contribution >= 0.6 is 24.0 Å². The Bertz CT molecular complexity index is 742. The number of nitrogens with two attached hydrogens (primary N) is 1. The lowest BCUT2D eigenvalue weighted by atomic mass is 10.2. The van der Waals surface area contributed by atoms with Crippen molar-refractivity contribution in [3.63, 3.8) is 0 Å². The van der Waals surface area contributed by atoms with Gasteiger partial charge in [0, 0.05) is 28.4 Å². The number of benzene rings is 2. The summed E-state index contributed by atoms with van der Waals surface area (Å²) in [6, 6.07) is 15.1. The third-order valence-electron chi connectivity index (χ3n) is 3.44. The SMILES string of the molecule is COc1ccc(OC)c(NC(N)=NCCS(=O)Cc2ccccc2)c1.I. The number of anilines is 1. The molecule has 0 aliphatic rings. The number of hydrogen-bond donors (Lipinski definition) is 2. The summed E-state index contributed by atoms with van der Waals surface area (Å²) in [5, 5.41) is 2.98. The van der Waals surface area contributed by atoms with Crippen LogP contribution < -0.4 is 20.5 Å². The maximum absolute atomic E-state index is 12.1. The van der Waals surface area contributed by atoms with Crippen LogP contribution in [0.2, 0.25) is 0 Å². The fourth-order valence-corrected chi connectivity index (χ4v) is 3.19. The predicted molar refractivity (Wildman–Crippen MR) is 118 cm³/mol. The van der Waals surface area contributed by atoms with E-state index >= 15 is 0 Å². The van der Waals surface area contributed by atoms with Gasteiger partial charge in [-0.05, 0) is 17.7 Å². The summed E-state index contributed by atoms with van der Waals surface area (Å²) in [6.45, 7) is 0.380. The van der Waals surface area contributed by atoms with Gasteiger partial charge < -0.3 is 20.5 Å². The van der Waals surface area contributed by atoms with Gasteiger partial charge in [-0.15, -0.1) is 24.0 Å². The molecule has 0 radical (unpaired) electrons. The third-order valence-corrected chi connectivity index (χ3v) is 4.73. The second-order valence-electron chi connectivity index (χ2n) is 5.23. The van der Waals surface area contributed by atoms with Crippen molar-refractivity contribution in [1.29, 1.82) is 0 Å². The van der Waals surface area contributed by atoms with E-state index in [0.717, 1.165) is 5.56 Å². The summed E-state index contributed by atoms with van der Waals surface area (Å²) in [6.07, 6.45) is 0. The van der Waals surface area contributed by atoms with Crippen LogP contribution in [0.15, 0.2) is 53.5 Å². The van der Waals surface area contributed by atoms with E-state index in [1.807, 2.05) is 30.3 Å². The number of nitrogens with zero attached hydrogens (tertiary/aromatic N) is 1. The fourth-order valence-electron chi connectivity index (χ4n) is 2.19. The van der Waals surface area contributed by atoms with E-state index < -0.39 is 10.8 Å². The Hall–Kier alpha value is -1.81. The summed E-state index contributed by atoms with van der Waals surface area (Å²) in [5.74, 6) is 2.52. The summed E-state index contributed by atoms with van der Waals surface area (Å²) in [5.41, 5.74) is 7.62. The molecule has 2 rings (SSSR count). The number of nitrogens with one attached hydrogen (secondary N) is 1. The number of ether oxygens (including phenoxy) is 2. The van der Waals surface area contributed by atoms with Crippen molar-refractivity contribution >= 4 is 46.4 Å². The monoisotopic (exact) mass is 489 g/mol. The zero-order valence-corrected chi connectivity index (χ0v) is 18.0. The molecule has 1 atom stereocenters. The van der Waals surface area contributed by atoms with Gasteiger partial charge in [-0.2, -0.15) is 0 Å². The summed E-state index contributed by atoms with van der Waals surface area (Å²) in [7, 11) is 2.18. The van der Waals surface area contributed by atoms with Crippen LogP contribution in [-0.2, 0) is 16.6 Å². The molecule has 0 saturated heterocycles. The average Bonchev–Trinajstić information content (AvgIpc) is 2.62. The van der Waals surface area contributed by atoms with Crippen molar-refractivity contribution in [3.8, 4) is 11.5 Å². The first-order valence-electron chi connectivity index (χ1n) is 7.80. The second kappa shape index (κ2) is 11.7. The molecule has 0 aromatic heterocycles. The van der Waals surface area contributed by atoms with Crippen molar-refractivity contribution in [2.24, 2.45) is 10.7 Å². The molecule has 0 amide bonds. The third kappa shape index (κ3) is 7.20. The Morgan fingerprint density at radius 2 is 1.88 bits per heavy atom. The highest BCUT2D eigenvalue weighted by Gasteiger charge is 2.06. The molecule has 2 aromatic rings. The standard InChI is InChI=1S/C18H23N3O3S.HI/c1-23-15-8-9-17(24-2)16(12-15)21-18(19)20-10-11-25(22)13-14-6-4-3-5-7-14;/h3-9,12H,10-11,13H2,1-2H3,(H3,19,20,21);1H. The van der Waals surface area contributed by atoms with Gasteiger partial charge in [0.05, 0.1) is 26.5 Å². The van der Waals surface area contributed by atoms with Gasteiger partial charge in [0.25, 0.3) is 0 Å².